The van der Waals surface area contributed by atoms with Gasteiger partial charge in [0.1, 0.15) is 0 Å². The number of ketones is 1. The SMILES string of the molecule is CCCn1ccnc1C(=O)/C=C/c1ccc(N)cc1. The summed E-state index contributed by atoms with van der Waals surface area (Å²) >= 11 is 0. The molecule has 2 aromatic rings. The zero-order chi connectivity index (χ0) is 13.7. The quantitative estimate of drug-likeness (QED) is 0.507. The van der Waals surface area contributed by atoms with E-state index in [0.717, 1.165) is 18.5 Å². The number of hydrogen-bond donors (Lipinski definition) is 1. The van der Waals surface area contributed by atoms with E-state index in [1.807, 2.05) is 35.0 Å². The van der Waals surface area contributed by atoms with E-state index in [-0.39, 0.29) is 5.78 Å². The standard InChI is InChI=1S/C15H17N3O/c1-2-10-18-11-9-17-15(18)14(19)8-5-12-3-6-13(16)7-4-12/h3-9,11H,2,10,16H2,1H3/b8-5+. The second-order valence-corrected chi connectivity index (χ2v) is 4.31. The molecule has 2 N–H and O–H groups in total. The van der Waals surface area contributed by atoms with E-state index < -0.39 is 0 Å². The lowest BCUT2D eigenvalue weighted by atomic mass is 10.2. The fraction of sp³-hybridized carbons (Fsp3) is 0.200. The molecule has 0 amide bonds. The van der Waals surface area contributed by atoms with E-state index in [1.165, 1.54) is 0 Å². The number of nitrogens with two attached hydrogens (primary N) is 1. The highest BCUT2D eigenvalue weighted by Gasteiger charge is 2.08. The van der Waals surface area contributed by atoms with Gasteiger partial charge in [0.05, 0.1) is 0 Å². The van der Waals surface area contributed by atoms with Crippen LogP contribution in [0.15, 0.2) is 42.7 Å². The first-order chi connectivity index (χ1) is 9.20. The Hall–Kier alpha value is -2.36. The van der Waals surface area contributed by atoms with Crippen LogP contribution in [0.25, 0.3) is 6.08 Å². The van der Waals surface area contributed by atoms with Crippen LogP contribution in [0.1, 0.15) is 29.5 Å². The monoisotopic (exact) mass is 255 g/mol. The van der Waals surface area contributed by atoms with Crippen LogP contribution in [0.2, 0.25) is 0 Å². The Labute approximate surface area is 112 Å². The van der Waals surface area contributed by atoms with E-state index in [1.54, 1.807) is 18.3 Å². The topological polar surface area (TPSA) is 60.9 Å². The number of allylic oxidation sites excluding steroid dienone is 1. The van der Waals surface area contributed by atoms with Gasteiger partial charge in [-0.05, 0) is 30.2 Å². The number of aryl methyl sites for hydroxylation is 1. The highest BCUT2D eigenvalue weighted by atomic mass is 16.1. The number of hydrogen-bond acceptors (Lipinski definition) is 3. The predicted molar refractivity (Wildman–Crippen MR) is 76.7 cm³/mol. The first-order valence-corrected chi connectivity index (χ1v) is 6.30. The summed E-state index contributed by atoms with van der Waals surface area (Å²) in [6.07, 6.45) is 7.76. The minimum atomic E-state index is -0.0877. The third kappa shape index (κ3) is 3.31. The van der Waals surface area contributed by atoms with Crippen LogP contribution in [0.3, 0.4) is 0 Å². The summed E-state index contributed by atoms with van der Waals surface area (Å²) in [5.41, 5.74) is 7.26. The number of rotatable bonds is 5. The lowest BCUT2D eigenvalue weighted by Gasteiger charge is -2.02. The van der Waals surface area contributed by atoms with Crippen LogP contribution in [-0.2, 0) is 6.54 Å². The van der Waals surface area contributed by atoms with Crippen LogP contribution in [0, 0.1) is 0 Å². The summed E-state index contributed by atoms with van der Waals surface area (Å²) in [6.45, 7) is 2.87. The molecule has 98 valence electrons. The van der Waals surface area contributed by atoms with Gasteiger partial charge in [0.25, 0.3) is 0 Å². The van der Waals surface area contributed by atoms with Crippen LogP contribution in [0.5, 0.6) is 0 Å². The van der Waals surface area contributed by atoms with Gasteiger partial charge in [-0.25, -0.2) is 4.98 Å². The number of carbonyl (C=O) groups is 1. The van der Waals surface area contributed by atoms with Gasteiger partial charge in [-0.2, -0.15) is 0 Å². The Morgan fingerprint density at radius 2 is 2.11 bits per heavy atom. The number of anilines is 1. The van der Waals surface area contributed by atoms with Crippen LogP contribution >= 0.6 is 0 Å². The molecule has 19 heavy (non-hydrogen) atoms. The smallest absolute Gasteiger partial charge is 0.221 e. The molecule has 4 nitrogen and oxygen atoms in total. The highest BCUT2D eigenvalue weighted by Crippen LogP contribution is 2.08. The molecule has 0 aliphatic heterocycles. The first kappa shape index (κ1) is 13.1. The van der Waals surface area contributed by atoms with Gasteiger partial charge in [0, 0.05) is 24.6 Å². The summed E-state index contributed by atoms with van der Waals surface area (Å²) in [5, 5.41) is 0. The number of benzene rings is 1. The zero-order valence-electron chi connectivity index (χ0n) is 10.9. The molecule has 0 saturated heterocycles. The molecular weight excluding hydrogens is 238 g/mol. The zero-order valence-corrected chi connectivity index (χ0v) is 10.9. The third-order valence-corrected chi connectivity index (χ3v) is 2.76. The first-order valence-electron chi connectivity index (χ1n) is 6.30. The molecule has 1 heterocycles. The normalized spacial score (nSPS) is 11.0. The molecule has 4 heteroatoms. The van der Waals surface area contributed by atoms with E-state index in [4.69, 9.17) is 5.73 Å². The lowest BCUT2D eigenvalue weighted by Crippen LogP contribution is -2.07. The van der Waals surface area contributed by atoms with E-state index >= 15 is 0 Å². The second-order valence-electron chi connectivity index (χ2n) is 4.31. The maximum absolute atomic E-state index is 12.0. The number of aromatic nitrogens is 2. The summed E-state index contributed by atoms with van der Waals surface area (Å²) in [6, 6.07) is 7.36. The molecule has 0 bridgehead atoms. The molecule has 0 fully saturated rings. The Bertz CT molecular complexity index is 582. The molecule has 0 atom stereocenters. The Morgan fingerprint density at radius 3 is 2.79 bits per heavy atom. The number of nitrogens with zero attached hydrogens (tertiary/aromatic N) is 2. The summed E-state index contributed by atoms with van der Waals surface area (Å²) < 4.78 is 1.87. The van der Waals surface area contributed by atoms with E-state index in [0.29, 0.717) is 11.5 Å². The number of imidazole rings is 1. The fourth-order valence-corrected chi connectivity index (χ4v) is 1.81. The lowest BCUT2D eigenvalue weighted by molar-refractivity contribution is 0.103. The second kappa shape index (κ2) is 6.00. The fourth-order valence-electron chi connectivity index (χ4n) is 1.81. The number of carbonyl (C=O) groups excluding carboxylic acids is 1. The minimum absolute atomic E-state index is 0.0877. The summed E-state index contributed by atoms with van der Waals surface area (Å²) in [5.74, 6) is 0.392. The Balaban J connectivity index is 2.12. The van der Waals surface area contributed by atoms with Crippen molar-refractivity contribution in [1.82, 2.24) is 9.55 Å². The molecule has 1 aromatic carbocycles. The average Bonchev–Trinajstić information content (AvgIpc) is 2.86. The van der Waals surface area contributed by atoms with Crippen LogP contribution in [-0.4, -0.2) is 15.3 Å². The maximum atomic E-state index is 12.0. The average molecular weight is 255 g/mol. The molecule has 0 aliphatic rings. The predicted octanol–water partition coefficient (Wildman–Crippen LogP) is 2.77. The molecule has 0 aliphatic carbocycles. The third-order valence-electron chi connectivity index (χ3n) is 2.76. The van der Waals surface area contributed by atoms with Crippen molar-refractivity contribution >= 4 is 17.5 Å². The van der Waals surface area contributed by atoms with Gasteiger partial charge in [0.2, 0.25) is 5.78 Å². The summed E-state index contributed by atoms with van der Waals surface area (Å²) in [7, 11) is 0. The Morgan fingerprint density at radius 1 is 1.37 bits per heavy atom. The van der Waals surface area contributed by atoms with Crippen molar-refractivity contribution in [3.05, 3.63) is 54.1 Å². The Kier molecular flexibility index (Phi) is 4.13. The van der Waals surface area contributed by atoms with Crippen molar-refractivity contribution in [2.45, 2.75) is 19.9 Å². The van der Waals surface area contributed by atoms with Gasteiger partial charge in [0.15, 0.2) is 5.82 Å². The van der Waals surface area contributed by atoms with Gasteiger partial charge in [-0.3, -0.25) is 4.79 Å². The molecule has 0 saturated carbocycles. The van der Waals surface area contributed by atoms with Gasteiger partial charge in [-0.1, -0.05) is 25.1 Å². The van der Waals surface area contributed by atoms with Gasteiger partial charge < -0.3 is 10.3 Å². The van der Waals surface area contributed by atoms with Crippen molar-refractivity contribution in [1.29, 1.82) is 0 Å². The summed E-state index contributed by atoms with van der Waals surface area (Å²) in [4.78, 5) is 16.2. The molecule has 0 radical (unpaired) electrons. The number of nitrogen functional groups attached to an aromatic ring is 1. The van der Waals surface area contributed by atoms with Crippen molar-refractivity contribution in [2.75, 3.05) is 5.73 Å². The van der Waals surface area contributed by atoms with Crippen molar-refractivity contribution < 1.29 is 4.79 Å². The van der Waals surface area contributed by atoms with Gasteiger partial charge >= 0.3 is 0 Å². The molecule has 1 aromatic heterocycles. The largest absolute Gasteiger partial charge is 0.399 e. The molecule has 0 unspecified atom stereocenters. The highest BCUT2D eigenvalue weighted by molar-refractivity contribution is 6.04. The van der Waals surface area contributed by atoms with E-state index in [9.17, 15) is 4.79 Å². The molecule has 0 spiro atoms. The molecular formula is C15H17N3O. The van der Waals surface area contributed by atoms with Crippen molar-refractivity contribution in [3.8, 4) is 0 Å². The van der Waals surface area contributed by atoms with Crippen molar-refractivity contribution in [3.63, 3.8) is 0 Å². The maximum Gasteiger partial charge on any atom is 0.221 e. The van der Waals surface area contributed by atoms with Crippen molar-refractivity contribution in [2.24, 2.45) is 0 Å². The van der Waals surface area contributed by atoms with Crippen LogP contribution < -0.4 is 5.73 Å². The molecule has 2 rings (SSSR count). The van der Waals surface area contributed by atoms with Gasteiger partial charge in [-0.15, -0.1) is 0 Å². The minimum Gasteiger partial charge on any atom is -0.399 e. The van der Waals surface area contributed by atoms with E-state index in [2.05, 4.69) is 11.9 Å². The van der Waals surface area contributed by atoms with Crippen LogP contribution in [0.4, 0.5) is 5.69 Å².